The summed E-state index contributed by atoms with van der Waals surface area (Å²) >= 11 is 0. The second-order valence-corrected chi connectivity index (χ2v) is 6.14. The van der Waals surface area contributed by atoms with Crippen molar-refractivity contribution in [2.75, 3.05) is 0 Å². The number of pyridine rings is 1. The molecule has 3 aromatic rings. The second-order valence-electron chi connectivity index (χ2n) is 6.14. The zero-order valence-corrected chi connectivity index (χ0v) is 13.5. The third kappa shape index (κ3) is 2.66. The predicted octanol–water partition coefficient (Wildman–Crippen LogP) is 3.77. The molecule has 0 aliphatic heterocycles. The molecule has 0 radical (unpaired) electrons. The van der Waals surface area contributed by atoms with Gasteiger partial charge in [0.2, 0.25) is 0 Å². The third-order valence-electron chi connectivity index (χ3n) is 4.40. The summed E-state index contributed by atoms with van der Waals surface area (Å²) in [6.07, 6.45) is 3.99. The molecule has 0 saturated carbocycles. The molecule has 0 saturated heterocycles. The lowest BCUT2D eigenvalue weighted by Gasteiger charge is -2.19. The quantitative estimate of drug-likeness (QED) is 0.687. The van der Waals surface area contributed by atoms with Gasteiger partial charge in [-0.1, -0.05) is 23.4 Å². The van der Waals surface area contributed by atoms with Gasteiger partial charge in [-0.25, -0.2) is 4.79 Å². The number of aryl methyl sites for hydroxylation is 2. The number of nitrogens with zero attached hydrogens (tertiary/aromatic N) is 2. The van der Waals surface area contributed by atoms with Crippen LogP contribution in [0.5, 0.6) is 0 Å². The molecule has 0 spiro atoms. The topological polar surface area (TPSA) is 65.2 Å². The Morgan fingerprint density at radius 3 is 2.92 bits per heavy atom. The first kappa shape index (κ1) is 14.9. The lowest BCUT2D eigenvalue weighted by molar-refractivity contribution is 0.0465. The first-order chi connectivity index (χ1) is 11.7. The summed E-state index contributed by atoms with van der Waals surface area (Å²) in [6, 6.07) is 9.53. The van der Waals surface area contributed by atoms with Crippen LogP contribution < -0.4 is 0 Å². The van der Waals surface area contributed by atoms with Crippen molar-refractivity contribution < 1.29 is 14.1 Å². The minimum absolute atomic E-state index is 0.113. The maximum absolute atomic E-state index is 12.8. The zero-order valence-electron chi connectivity index (χ0n) is 13.5. The highest BCUT2D eigenvalue weighted by Gasteiger charge is 2.23. The Labute approximate surface area is 139 Å². The van der Waals surface area contributed by atoms with Gasteiger partial charge in [0, 0.05) is 17.1 Å². The van der Waals surface area contributed by atoms with Crippen molar-refractivity contribution in [1.29, 1.82) is 0 Å². The zero-order chi connectivity index (χ0) is 16.5. The van der Waals surface area contributed by atoms with Crippen LogP contribution in [0.15, 0.2) is 34.9 Å². The van der Waals surface area contributed by atoms with E-state index in [1.165, 1.54) is 0 Å². The average molecular weight is 322 g/mol. The van der Waals surface area contributed by atoms with Gasteiger partial charge in [0.25, 0.3) is 0 Å². The number of aromatic nitrogens is 2. The van der Waals surface area contributed by atoms with Crippen LogP contribution in [-0.4, -0.2) is 16.1 Å². The number of hydrogen-bond donors (Lipinski definition) is 0. The van der Waals surface area contributed by atoms with Gasteiger partial charge in [0.15, 0.2) is 0 Å². The van der Waals surface area contributed by atoms with E-state index in [0.29, 0.717) is 17.0 Å². The van der Waals surface area contributed by atoms with Gasteiger partial charge in [0.05, 0.1) is 11.1 Å². The van der Waals surface area contributed by atoms with Crippen LogP contribution >= 0.6 is 0 Å². The minimum atomic E-state index is -0.313. The van der Waals surface area contributed by atoms with E-state index in [1.807, 2.05) is 31.2 Å². The van der Waals surface area contributed by atoms with Crippen molar-refractivity contribution in [2.45, 2.75) is 39.2 Å². The van der Waals surface area contributed by atoms with Gasteiger partial charge in [-0.3, -0.25) is 4.98 Å². The molecule has 1 aromatic carbocycles. The fourth-order valence-electron chi connectivity index (χ4n) is 3.30. The van der Waals surface area contributed by atoms with Crippen LogP contribution in [0.2, 0.25) is 0 Å². The summed E-state index contributed by atoms with van der Waals surface area (Å²) in [4.78, 5) is 17.5. The summed E-state index contributed by atoms with van der Waals surface area (Å²) in [5, 5.41) is 4.73. The van der Waals surface area contributed by atoms with E-state index in [-0.39, 0.29) is 12.6 Å². The number of para-hydroxylation sites is 1. The Morgan fingerprint density at radius 2 is 2.08 bits per heavy atom. The van der Waals surface area contributed by atoms with Crippen molar-refractivity contribution in [2.24, 2.45) is 0 Å². The number of rotatable bonds is 3. The Kier molecular flexibility index (Phi) is 3.76. The first-order valence-electron chi connectivity index (χ1n) is 8.22. The molecular formula is C19H18N2O3. The molecule has 1 aliphatic carbocycles. The molecule has 24 heavy (non-hydrogen) atoms. The highest BCUT2D eigenvalue weighted by atomic mass is 16.5. The van der Waals surface area contributed by atoms with Crippen LogP contribution in [-0.2, 0) is 24.2 Å². The molecule has 5 heteroatoms. The summed E-state index contributed by atoms with van der Waals surface area (Å²) in [5.41, 5.74) is 4.21. The van der Waals surface area contributed by atoms with E-state index in [9.17, 15) is 4.79 Å². The monoisotopic (exact) mass is 322 g/mol. The van der Waals surface area contributed by atoms with Crippen LogP contribution in [0.3, 0.4) is 0 Å². The van der Waals surface area contributed by atoms with Gasteiger partial charge in [-0.2, -0.15) is 0 Å². The van der Waals surface area contributed by atoms with Crippen LogP contribution in [0.25, 0.3) is 10.9 Å². The van der Waals surface area contributed by atoms with Crippen molar-refractivity contribution in [3.63, 3.8) is 0 Å². The Morgan fingerprint density at radius 1 is 1.25 bits per heavy atom. The van der Waals surface area contributed by atoms with Gasteiger partial charge < -0.3 is 9.26 Å². The number of carbonyl (C=O) groups is 1. The normalized spacial score (nSPS) is 13.7. The standard InChI is InChI=1S/C19H18N2O3/c1-12-10-13(21-24-12)11-23-19(22)18-14-6-2-4-8-16(14)20-17-9-5-3-7-15(17)18/h2,4,6,8,10H,3,5,7,9,11H2,1H3. The van der Waals surface area contributed by atoms with Crippen molar-refractivity contribution >= 4 is 16.9 Å². The summed E-state index contributed by atoms with van der Waals surface area (Å²) in [5.74, 6) is 0.389. The summed E-state index contributed by atoms with van der Waals surface area (Å²) in [6.45, 7) is 1.92. The maximum atomic E-state index is 12.8. The van der Waals surface area contributed by atoms with E-state index in [2.05, 4.69) is 5.16 Å². The van der Waals surface area contributed by atoms with Crippen LogP contribution in [0.4, 0.5) is 0 Å². The Bertz CT molecular complexity index is 914. The van der Waals surface area contributed by atoms with Gasteiger partial charge in [-0.15, -0.1) is 0 Å². The molecular weight excluding hydrogens is 304 g/mol. The molecule has 1 aliphatic rings. The summed E-state index contributed by atoms with van der Waals surface area (Å²) in [7, 11) is 0. The molecule has 0 atom stereocenters. The molecule has 5 nitrogen and oxygen atoms in total. The largest absolute Gasteiger partial charge is 0.455 e. The van der Waals surface area contributed by atoms with Crippen LogP contribution in [0, 0.1) is 6.92 Å². The van der Waals surface area contributed by atoms with Crippen molar-refractivity contribution in [1.82, 2.24) is 10.1 Å². The number of benzene rings is 1. The molecule has 0 unspecified atom stereocenters. The molecule has 2 heterocycles. The fourth-order valence-corrected chi connectivity index (χ4v) is 3.30. The van der Waals surface area contributed by atoms with Gasteiger partial charge in [0.1, 0.15) is 18.1 Å². The lowest BCUT2D eigenvalue weighted by Crippen LogP contribution is -2.15. The summed E-state index contributed by atoms with van der Waals surface area (Å²) < 4.78 is 10.5. The smallest absolute Gasteiger partial charge is 0.339 e. The molecule has 122 valence electrons. The Hall–Kier alpha value is -2.69. The molecule has 2 aromatic heterocycles. The highest BCUT2D eigenvalue weighted by Crippen LogP contribution is 2.29. The molecule has 0 bridgehead atoms. The van der Waals surface area contributed by atoms with E-state index in [4.69, 9.17) is 14.2 Å². The van der Waals surface area contributed by atoms with E-state index in [1.54, 1.807) is 6.07 Å². The number of carbonyl (C=O) groups excluding carboxylic acids is 1. The SMILES string of the molecule is Cc1cc(COC(=O)c2c3c(nc4ccccc24)CCCC3)no1. The fraction of sp³-hybridized carbons (Fsp3) is 0.316. The number of fused-ring (bicyclic) bond motifs is 2. The van der Waals surface area contributed by atoms with Gasteiger partial charge >= 0.3 is 5.97 Å². The van der Waals surface area contributed by atoms with Crippen molar-refractivity contribution in [3.05, 3.63) is 58.6 Å². The van der Waals surface area contributed by atoms with Crippen molar-refractivity contribution in [3.8, 4) is 0 Å². The number of esters is 1. The average Bonchev–Trinajstić information content (AvgIpc) is 3.03. The molecule has 0 fully saturated rings. The van der Waals surface area contributed by atoms with Crippen LogP contribution in [0.1, 0.15) is 45.9 Å². The number of ether oxygens (including phenoxy) is 1. The minimum Gasteiger partial charge on any atom is -0.455 e. The number of hydrogen-bond acceptors (Lipinski definition) is 5. The van der Waals surface area contributed by atoms with Gasteiger partial charge in [-0.05, 0) is 44.2 Å². The first-order valence-corrected chi connectivity index (χ1v) is 8.22. The third-order valence-corrected chi connectivity index (χ3v) is 4.40. The lowest BCUT2D eigenvalue weighted by atomic mass is 9.90. The van der Waals surface area contributed by atoms with E-state index >= 15 is 0 Å². The Balaban J connectivity index is 1.72. The highest BCUT2D eigenvalue weighted by molar-refractivity contribution is 6.05. The maximum Gasteiger partial charge on any atom is 0.339 e. The predicted molar refractivity (Wildman–Crippen MR) is 88.7 cm³/mol. The molecule has 4 rings (SSSR count). The molecule has 0 N–H and O–H groups in total. The second kappa shape index (κ2) is 6.07. The van der Waals surface area contributed by atoms with E-state index in [0.717, 1.165) is 47.8 Å². The van der Waals surface area contributed by atoms with E-state index < -0.39 is 0 Å². The molecule has 0 amide bonds.